The van der Waals surface area contributed by atoms with Gasteiger partial charge in [-0.2, -0.15) is 0 Å². The van der Waals surface area contributed by atoms with E-state index >= 15 is 0 Å². The monoisotopic (exact) mass is 991 g/mol. The summed E-state index contributed by atoms with van der Waals surface area (Å²) in [4.78, 5) is 38.1. The van der Waals surface area contributed by atoms with E-state index in [1.54, 1.807) is 0 Å². The normalized spacial score (nSPS) is 12.5. The fourth-order valence-electron chi connectivity index (χ4n) is 8.64. The van der Waals surface area contributed by atoms with Crippen molar-refractivity contribution in [2.45, 2.75) is 309 Å². The number of hydrogen-bond acceptors (Lipinski definition) is 6. The fraction of sp³-hybridized carbons (Fsp3) is 0.769. The van der Waals surface area contributed by atoms with Crippen LogP contribution < -0.4 is 0 Å². The third-order valence-electron chi connectivity index (χ3n) is 13.2. The molecule has 0 aromatic rings. The van der Waals surface area contributed by atoms with Gasteiger partial charge in [-0.25, -0.2) is 0 Å². The molecule has 0 rings (SSSR count). The van der Waals surface area contributed by atoms with Crippen LogP contribution >= 0.6 is 0 Å². The largest absolute Gasteiger partial charge is 0.462 e. The standard InChI is InChI=1S/C65H114O6/c1-4-7-10-13-16-19-21-23-25-27-28-29-30-31-32-33-34-35-36-38-39-41-43-46-49-52-55-58-64(67)70-61-62(60-69-63(66)57-54-51-48-45-18-15-12-9-6-3)71-65(68)59-56-53-50-47-44-42-40-37-26-24-22-20-17-14-11-8-5-2/h8,11,17,20-21,23-24,26-28,40,42,62H,4-7,9-10,12-16,18-19,22,25,29-39,41,43-61H2,1-3H3/b11-8-,20-17-,23-21-,26-24-,28-27-,42-40-. The molecule has 6 nitrogen and oxygen atoms in total. The Morgan fingerprint density at radius 3 is 0.859 bits per heavy atom. The van der Waals surface area contributed by atoms with Crippen LogP contribution in [0.2, 0.25) is 0 Å². The van der Waals surface area contributed by atoms with Crippen molar-refractivity contribution >= 4 is 17.9 Å². The Balaban J connectivity index is 4.19. The summed E-state index contributed by atoms with van der Waals surface area (Å²) in [5.41, 5.74) is 0. The summed E-state index contributed by atoms with van der Waals surface area (Å²) in [7, 11) is 0. The molecule has 0 amide bonds. The second kappa shape index (κ2) is 59.4. The summed E-state index contributed by atoms with van der Waals surface area (Å²) in [5.74, 6) is -0.899. The highest BCUT2D eigenvalue weighted by Crippen LogP contribution is 2.16. The molecule has 0 heterocycles. The Morgan fingerprint density at radius 1 is 0.296 bits per heavy atom. The van der Waals surface area contributed by atoms with E-state index in [0.29, 0.717) is 19.3 Å². The van der Waals surface area contributed by atoms with Crippen molar-refractivity contribution in [1.29, 1.82) is 0 Å². The molecule has 0 saturated heterocycles. The minimum Gasteiger partial charge on any atom is -0.462 e. The molecule has 410 valence electrons. The van der Waals surface area contributed by atoms with Gasteiger partial charge in [0.15, 0.2) is 6.10 Å². The molecule has 71 heavy (non-hydrogen) atoms. The van der Waals surface area contributed by atoms with Crippen LogP contribution in [0.15, 0.2) is 72.9 Å². The first kappa shape index (κ1) is 67.8. The molecule has 0 aromatic heterocycles. The van der Waals surface area contributed by atoms with Crippen LogP contribution in [0.4, 0.5) is 0 Å². The summed E-state index contributed by atoms with van der Waals surface area (Å²) < 4.78 is 16.8. The van der Waals surface area contributed by atoms with Gasteiger partial charge in [0.1, 0.15) is 13.2 Å². The average Bonchev–Trinajstić information content (AvgIpc) is 3.37. The molecule has 0 aliphatic rings. The lowest BCUT2D eigenvalue weighted by atomic mass is 10.0. The molecule has 0 spiro atoms. The van der Waals surface area contributed by atoms with Crippen LogP contribution in [0, 0.1) is 0 Å². The number of ether oxygens (including phenoxy) is 3. The van der Waals surface area contributed by atoms with E-state index < -0.39 is 6.10 Å². The summed E-state index contributed by atoms with van der Waals surface area (Å²) >= 11 is 0. The molecule has 6 heteroatoms. The van der Waals surface area contributed by atoms with Gasteiger partial charge in [0.2, 0.25) is 0 Å². The molecule has 0 aliphatic heterocycles. The van der Waals surface area contributed by atoms with Crippen LogP contribution in [-0.4, -0.2) is 37.2 Å². The first-order chi connectivity index (χ1) is 35.0. The lowest BCUT2D eigenvalue weighted by molar-refractivity contribution is -0.167. The SMILES string of the molecule is CC/C=C\C/C=C\C/C=C\C/C=C\CCCCCCC(=O)OC(COC(=O)CCCCCCCCCCC)COC(=O)CCCCCCCCCCCCCCCCC/C=C\C/C=C\CCCCCCC. The van der Waals surface area contributed by atoms with E-state index in [4.69, 9.17) is 14.2 Å². The molecule has 0 aliphatic carbocycles. The van der Waals surface area contributed by atoms with Gasteiger partial charge in [-0.05, 0) is 89.9 Å². The van der Waals surface area contributed by atoms with E-state index in [-0.39, 0.29) is 31.1 Å². The Hall–Kier alpha value is -3.15. The maximum absolute atomic E-state index is 12.8. The molecule has 0 bridgehead atoms. The van der Waals surface area contributed by atoms with E-state index in [1.807, 2.05) is 0 Å². The first-order valence-corrected chi connectivity index (χ1v) is 30.4. The quantitative estimate of drug-likeness (QED) is 0.0261. The maximum Gasteiger partial charge on any atom is 0.306 e. The van der Waals surface area contributed by atoms with Gasteiger partial charge < -0.3 is 14.2 Å². The van der Waals surface area contributed by atoms with Crippen LogP contribution in [-0.2, 0) is 28.6 Å². The van der Waals surface area contributed by atoms with Crippen molar-refractivity contribution < 1.29 is 28.6 Å². The zero-order chi connectivity index (χ0) is 51.4. The van der Waals surface area contributed by atoms with Crippen molar-refractivity contribution in [1.82, 2.24) is 0 Å². The number of esters is 3. The van der Waals surface area contributed by atoms with Crippen molar-refractivity contribution in [3.05, 3.63) is 72.9 Å². The van der Waals surface area contributed by atoms with Gasteiger partial charge in [-0.15, -0.1) is 0 Å². The number of carbonyl (C=O) groups excluding carboxylic acids is 3. The van der Waals surface area contributed by atoms with Crippen LogP contribution in [0.1, 0.15) is 303 Å². The van der Waals surface area contributed by atoms with E-state index in [0.717, 1.165) is 103 Å². The third kappa shape index (κ3) is 57.6. The highest BCUT2D eigenvalue weighted by Gasteiger charge is 2.19. The smallest absolute Gasteiger partial charge is 0.306 e. The number of rotatable bonds is 55. The molecule has 0 saturated carbocycles. The van der Waals surface area contributed by atoms with Crippen molar-refractivity contribution in [2.24, 2.45) is 0 Å². The van der Waals surface area contributed by atoms with Gasteiger partial charge in [0.25, 0.3) is 0 Å². The highest BCUT2D eigenvalue weighted by atomic mass is 16.6. The number of carbonyl (C=O) groups is 3. The molecule has 1 unspecified atom stereocenters. The van der Waals surface area contributed by atoms with Gasteiger partial charge in [0.05, 0.1) is 0 Å². The Labute approximate surface area is 440 Å². The molecule has 0 radical (unpaired) electrons. The average molecular weight is 992 g/mol. The summed E-state index contributed by atoms with van der Waals surface area (Å²) in [6.07, 6.45) is 76.3. The minimum atomic E-state index is -0.785. The van der Waals surface area contributed by atoms with Gasteiger partial charge in [-0.1, -0.05) is 267 Å². The van der Waals surface area contributed by atoms with Crippen molar-refractivity contribution in [2.75, 3.05) is 13.2 Å². The topological polar surface area (TPSA) is 78.9 Å². The van der Waals surface area contributed by atoms with E-state index in [2.05, 4.69) is 93.7 Å². The lowest BCUT2D eigenvalue weighted by Gasteiger charge is -2.18. The maximum atomic E-state index is 12.8. The van der Waals surface area contributed by atoms with Crippen LogP contribution in [0.3, 0.4) is 0 Å². The Morgan fingerprint density at radius 2 is 0.549 bits per heavy atom. The number of allylic oxidation sites excluding steroid dienone is 12. The lowest BCUT2D eigenvalue weighted by Crippen LogP contribution is -2.30. The molecule has 0 fully saturated rings. The Bertz CT molecular complexity index is 1320. The predicted octanol–water partition coefficient (Wildman–Crippen LogP) is 20.5. The third-order valence-corrected chi connectivity index (χ3v) is 13.2. The van der Waals surface area contributed by atoms with Crippen LogP contribution in [0.5, 0.6) is 0 Å². The summed E-state index contributed by atoms with van der Waals surface area (Å²) in [6, 6.07) is 0. The van der Waals surface area contributed by atoms with Crippen LogP contribution in [0.25, 0.3) is 0 Å². The van der Waals surface area contributed by atoms with Crippen molar-refractivity contribution in [3.8, 4) is 0 Å². The first-order valence-electron chi connectivity index (χ1n) is 30.4. The minimum absolute atomic E-state index is 0.0829. The summed E-state index contributed by atoms with van der Waals surface area (Å²) in [5, 5.41) is 0. The Kier molecular flexibility index (Phi) is 56.8. The fourth-order valence-corrected chi connectivity index (χ4v) is 8.64. The molecule has 1 atom stereocenters. The predicted molar refractivity (Wildman–Crippen MR) is 307 cm³/mol. The molecular weight excluding hydrogens is 877 g/mol. The number of hydrogen-bond donors (Lipinski definition) is 0. The second-order valence-corrected chi connectivity index (χ2v) is 20.2. The molecule has 0 aromatic carbocycles. The van der Waals surface area contributed by atoms with Gasteiger partial charge in [-0.3, -0.25) is 14.4 Å². The molecular formula is C65H114O6. The second-order valence-electron chi connectivity index (χ2n) is 20.2. The molecule has 0 N–H and O–H groups in total. The zero-order valence-corrected chi connectivity index (χ0v) is 47.0. The van der Waals surface area contributed by atoms with Gasteiger partial charge >= 0.3 is 17.9 Å². The van der Waals surface area contributed by atoms with Gasteiger partial charge in [0, 0.05) is 19.3 Å². The van der Waals surface area contributed by atoms with E-state index in [1.165, 1.54) is 161 Å². The zero-order valence-electron chi connectivity index (χ0n) is 47.0. The van der Waals surface area contributed by atoms with E-state index in [9.17, 15) is 14.4 Å². The number of unbranched alkanes of at least 4 members (excludes halogenated alkanes) is 32. The van der Waals surface area contributed by atoms with Crippen molar-refractivity contribution in [3.63, 3.8) is 0 Å². The summed E-state index contributed by atoms with van der Waals surface area (Å²) in [6.45, 7) is 6.50. The highest BCUT2D eigenvalue weighted by molar-refractivity contribution is 5.71.